The maximum atomic E-state index is 12.3. The molecule has 146 valence electrons. The maximum absolute atomic E-state index is 12.3. The van der Waals surface area contributed by atoms with Gasteiger partial charge in [-0.2, -0.15) is 0 Å². The number of carbonyl (C=O) groups excluding carboxylic acids is 1. The topological polar surface area (TPSA) is 81.7 Å². The van der Waals surface area contributed by atoms with Crippen LogP contribution in [0.1, 0.15) is 19.4 Å². The molecule has 8 heteroatoms. The van der Waals surface area contributed by atoms with Gasteiger partial charge in [0, 0.05) is 38.8 Å². The van der Waals surface area contributed by atoms with Gasteiger partial charge in [-0.15, -0.1) is 0 Å². The molecule has 0 aliphatic carbocycles. The number of urea groups is 1. The molecule has 2 rings (SSSR count). The van der Waals surface area contributed by atoms with Crippen molar-refractivity contribution in [2.75, 3.05) is 39.8 Å². The Morgan fingerprint density at radius 2 is 1.69 bits per heavy atom. The number of piperazine rings is 1. The van der Waals surface area contributed by atoms with E-state index in [9.17, 15) is 13.2 Å². The minimum absolute atomic E-state index is 0.0812. The van der Waals surface area contributed by atoms with E-state index in [0.29, 0.717) is 12.5 Å². The van der Waals surface area contributed by atoms with Gasteiger partial charge in [-0.05, 0) is 32.0 Å². The van der Waals surface area contributed by atoms with Crippen molar-refractivity contribution in [3.63, 3.8) is 0 Å². The first-order chi connectivity index (χ1) is 12.2. The van der Waals surface area contributed by atoms with Gasteiger partial charge in [-0.1, -0.05) is 31.5 Å². The average molecular weight is 383 g/mol. The summed E-state index contributed by atoms with van der Waals surface area (Å²) in [5.74, 6) is 0.354. The van der Waals surface area contributed by atoms with Crippen LogP contribution >= 0.6 is 0 Å². The Morgan fingerprint density at radius 3 is 2.23 bits per heavy atom. The molecule has 1 aromatic carbocycles. The van der Waals surface area contributed by atoms with Crippen molar-refractivity contribution >= 4 is 16.1 Å². The highest BCUT2D eigenvalue weighted by Gasteiger charge is 2.26. The van der Waals surface area contributed by atoms with Crippen molar-refractivity contribution in [1.82, 2.24) is 19.8 Å². The Labute approximate surface area is 156 Å². The van der Waals surface area contributed by atoms with Crippen molar-refractivity contribution < 1.29 is 13.2 Å². The molecule has 1 aliphatic rings. The zero-order chi connectivity index (χ0) is 19.3. The quantitative estimate of drug-likeness (QED) is 0.774. The van der Waals surface area contributed by atoms with Crippen LogP contribution in [-0.4, -0.2) is 70.1 Å². The number of aryl methyl sites for hydroxylation is 1. The number of hydrogen-bond donors (Lipinski definition) is 2. The SMILES string of the molecule is Cc1ccc(S(=O)(=O)NC(=O)NCC(C(C)C)N2CCN(C)CC2)cc1. The zero-order valence-electron chi connectivity index (χ0n) is 16.0. The smallest absolute Gasteiger partial charge is 0.328 e. The maximum Gasteiger partial charge on any atom is 0.328 e. The molecule has 1 heterocycles. The van der Waals surface area contributed by atoms with Crippen molar-refractivity contribution in [2.24, 2.45) is 5.92 Å². The second-order valence-corrected chi connectivity index (χ2v) is 8.96. The van der Waals surface area contributed by atoms with Crippen LogP contribution in [0.3, 0.4) is 0 Å². The van der Waals surface area contributed by atoms with Gasteiger partial charge in [-0.25, -0.2) is 17.9 Å². The lowest BCUT2D eigenvalue weighted by Gasteiger charge is -2.39. The van der Waals surface area contributed by atoms with Gasteiger partial charge in [-0.3, -0.25) is 4.90 Å². The summed E-state index contributed by atoms with van der Waals surface area (Å²) in [7, 11) is -1.76. The Hall–Kier alpha value is -1.64. The molecule has 1 atom stereocenters. The molecule has 1 saturated heterocycles. The predicted molar refractivity (Wildman–Crippen MR) is 103 cm³/mol. The van der Waals surface area contributed by atoms with Crippen LogP contribution in [0.5, 0.6) is 0 Å². The average Bonchev–Trinajstić information content (AvgIpc) is 2.56. The van der Waals surface area contributed by atoms with Crippen molar-refractivity contribution in [3.05, 3.63) is 29.8 Å². The summed E-state index contributed by atoms with van der Waals surface area (Å²) >= 11 is 0. The molecule has 0 spiro atoms. The van der Waals surface area contributed by atoms with Gasteiger partial charge in [0.15, 0.2) is 0 Å². The van der Waals surface area contributed by atoms with E-state index in [1.165, 1.54) is 12.1 Å². The van der Waals surface area contributed by atoms with Crippen LogP contribution in [0, 0.1) is 12.8 Å². The summed E-state index contributed by atoms with van der Waals surface area (Å²) in [5.41, 5.74) is 0.959. The van der Waals surface area contributed by atoms with E-state index in [1.807, 2.05) is 6.92 Å². The number of benzene rings is 1. The molecule has 0 saturated carbocycles. The molecule has 0 bridgehead atoms. The van der Waals surface area contributed by atoms with Crippen LogP contribution in [-0.2, 0) is 10.0 Å². The molecule has 1 aliphatic heterocycles. The van der Waals surface area contributed by atoms with E-state index in [-0.39, 0.29) is 10.9 Å². The molecule has 1 unspecified atom stereocenters. The highest BCUT2D eigenvalue weighted by molar-refractivity contribution is 7.90. The van der Waals surface area contributed by atoms with Gasteiger partial charge in [0.1, 0.15) is 0 Å². The highest BCUT2D eigenvalue weighted by atomic mass is 32.2. The second-order valence-electron chi connectivity index (χ2n) is 7.28. The first-order valence-electron chi connectivity index (χ1n) is 8.99. The first kappa shape index (κ1) is 20.7. The van der Waals surface area contributed by atoms with E-state index in [4.69, 9.17) is 0 Å². The summed E-state index contributed by atoms with van der Waals surface area (Å²) in [5, 5.41) is 2.73. The van der Waals surface area contributed by atoms with E-state index >= 15 is 0 Å². The summed E-state index contributed by atoms with van der Waals surface area (Å²) in [6, 6.07) is 5.88. The Balaban J connectivity index is 1.92. The number of nitrogens with zero attached hydrogens (tertiary/aromatic N) is 2. The lowest BCUT2D eigenvalue weighted by atomic mass is 10.0. The molecule has 2 N–H and O–H groups in total. The molecule has 26 heavy (non-hydrogen) atoms. The predicted octanol–water partition coefficient (Wildman–Crippen LogP) is 1.25. The number of rotatable bonds is 6. The lowest BCUT2D eigenvalue weighted by Crippen LogP contribution is -2.55. The highest BCUT2D eigenvalue weighted by Crippen LogP contribution is 2.13. The van der Waals surface area contributed by atoms with Crippen molar-refractivity contribution in [1.29, 1.82) is 0 Å². The normalized spacial score (nSPS) is 17.9. The summed E-state index contributed by atoms with van der Waals surface area (Å²) in [6.07, 6.45) is 0. The van der Waals surface area contributed by atoms with Gasteiger partial charge >= 0.3 is 6.03 Å². The number of amides is 2. The third-order valence-corrected chi connectivity index (χ3v) is 6.15. The van der Waals surface area contributed by atoms with Crippen molar-refractivity contribution in [2.45, 2.75) is 31.7 Å². The van der Waals surface area contributed by atoms with Crippen LogP contribution in [0.2, 0.25) is 0 Å². The van der Waals surface area contributed by atoms with Gasteiger partial charge in [0.2, 0.25) is 0 Å². The Morgan fingerprint density at radius 1 is 1.12 bits per heavy atom. The number of sulfonamides is 1. The molecular weight excluding hydrogens is 352 g/mol. The Kier molecular flexibility index (Phi) is 7.02. The van der Waals surface area contributed by atoms with Crippen LogP contribution in [0.4, 0.5) is 4.79 Å². The number of likely N-dealkylation sites (N-methyl/N-ethyl adjacent to an activating group) is 1. The largest absolute Gasteiger partial charge is 0.336 e. The zero-order valence-corrected chi connectivity index (χ0v) is 16.8. The van der Waals surface area contributed by atoms with Crippen LogP contribution in [0.15, 0.2) is 29.2 Å². The molecule has 7 nitrogen and oxygen atoms in total. The first-order valence-corrected chi connectivity index (χ1v) is 10.5. The minimum Gasteiger partial charge on any atom is -0.336 e. The van der Waals surface area contributed by atoms with Gasteiger partial charge in [0.25, 0.3) is 10.0 Å². The summed E-state index contributed by atoms with van der Waals surface area (Å²) in [4.78, 5) is 16.9. The van der Waals surface area contributed by atoms with Crippen LogP contribution in [0.25, 0.3) is 0 Å². The third kappa shape index (κ3) is 5.69. The van der Waals surface area contributed by atoms with E-state index < -0.39 is 16.1 Å². The van der Waals surface area contributed by atoms with E-state index in [1.54, 1.807) is 12.1 Å². The molecule has 2 amide bonds. The molecule has 1 aromatic rings. The third-order valence-electron chi connectivity index (χ3n) is 4.81. The number of nitrogens with one attached hydrogen (secondary N) is 2. The summed E-state index contributed by atoms with van der Waals surface area (Å²) in [6.45, 7) is 10.4. The van der Waals surface area contributed by atoms with E-state index in [2.05, 4.69) is 40.7 Å². The van der Waals surface area contributed by atoms with Crippen molar-refractivity contribution in [3.8, 4) is 0 Å². The van der Waals surface area contributed by atoms with Crippen LogP contribution < -0.4 is 10.0 Å². The number of hydrogen-bond acceptors (Lipinski definition) is 5. The fourth-order valence-corrected chi connectivity index (χ4v) is 4.00. The Bertz CT molecular complexity index is 696. The van der Waals surface area contributed by atoms with Gasteiger partial charge < -0.3 is 10.2 Å². The monoisotopic (exact) mass is 382 g/mol. The fourth-order valence-electron chi connectivity index (χ4n) is 3.07. The summed E-state index contributed by atoms with van der Waals surface area (Å²) < 4.78 is 26.7. The molecule has 0 radical (unpaired) electrons. The second kappa shape index (κ2) is 8.83. The lowest BCUT2D eigenvalue weighted by molar-refractivity contribution is 0.0888. The van der Waals surface area contributed by atoms with E-state index in [0.717, 1.165) is 31.7 Å². The molecule has 1 fully saturated rings. The molecule has 0 aromatic heterocycles. The van der Waals surface area contributed by atoms with Gasteiger partial charge in [0.05, 0.1) is 4.90 Å². The standard InChI is InChI=1S/C18H30N4O3S/c1-14(2)17(22-11-9-21(4)10-12-22)13-19-18(23)20-26(24,25)16-7-5-15(3)6-8-16/h5-8,14,17H,9-13H2,1-4H3,(H2,19,20,23). The molecular formula is C18H30N4O3S. The minimum atomic E-state index is -3.86. The number of carbonyl (C=O) groups is 1. The fraction of sp³-hybridized carbons (Fsp3) is 0.611.